The van der Waals surface area contributed by atoms with E-state index in [1.54, 1.807) is 31.2 Å². The fourth-order valence-corrected chi connectivity index (χ4v) is 3.18. The minimum Gasteiger partial charge on any atom is -0.364 e. The SMILES string of the molecule is C[C@@H](OCc1ccccc1)C(=O)N[C@H](Cc1ccccc1)C(=O)C(=O)NCc1ncccc1F. The Bertz CT molecular complexity index is 1110. The smallest absolute Gasteiger partial charge is 0.289 e. The van der Waals surface area contributed by atoms with E-state index in [0.717, 1.165) is 11.1 Å². The van der Waals surface area contributed by atoms with Crippen LogP contribution in [0.4, 0.5) is 4.39 Å². The summed E-state index contributed by atoms with van der Waals surface area (Å²) in [5, 5.41) is 5.01. The van der Waals surface area contributed by atoms with Gasteiger partial charge in [-0.25, -0.2) is 4.39 Å². The fourth-order valence-electron chi connectivity index (χ4n) is 3.18. The Morgan fingerprint density at radius 1 is 0.941 bits per heavy atom. The molecule has 2 atom stereocenters. The number of hydrogen-bond acceptors (Lipinski definition) is 5. The second-order valence-corrected chi connectivity index (χ2v) is 7.67. The summed E-state index contributed by atoms with van der Waals surface area (Å²) in [5.41, 5.74) is 1.68. The van der Waals surface area contributed by atoms with E-state index in [2.05, 4.69) is 15.6 Å². The Kier molecular flexibility index (Phi) is 8.99. The number of hydrogen-bond donors (Lipinski definition) is 2. The molecule has 0 saturated heterocycles. The van der Waals surface area contributed by atoms with Crippen LogP contribution in [0, 0.1) is 5.82 Å². The highest BCUT2D eigenvalue weighted by molar-refractivity contribution is 6.38. The van der Waals surface area contributed by atoms with E-state index in [0.29, 0.717) is 0 Å². The van der Waals surface area contributed by atoms with Crippen molar-refractivity contribution in [2.24, 2.45) is 0 Å². The summed E-state index contributed by atoms with van der Waals surface area (Å²) >= 11 is 0. The Morgan fingerprint density at radius 3 is 2.24 bits per heavy atom. The van der Waals surface area contributed by atoms with Gasteiger partial charge in [0.05, 0.1) is 18.8 Å². The van der Waals surface area contributed by atoms with Gasteiger partial charge in [-0.05, 0) is 30.2 Å². The van der Waals surface area contributed by atoms with Crippen LogP contribution >= 0.6 is 0 Å². The van der Waals surface area contributed by atoms with E-state index < -0.39 is 35.6 Å². The van der Waals surface area contributed by atoms with E-state index in [4.69, 9.17) is 4.74 Å². The molecule has 1 heterocycles. The largest absolute Gasteiger partial charge is 0.364 e. The van der Waals surface area contributed by atoms with Crippen LogP contribution in [-0.2, 0) is 38.7 Å². The van der Waals surface area contributed by atoms with Crippen molar-refractivity contribution < 1.29 is 23.5 Å². The molecule has 0 aliphatic rings. The molecule has 0 unspecified atom stereocenters. The topological polar surface area (TPSA) is 97.4 Å². The Balaban J connectivity index is 1.64. The lowest BCUT2D eigenvalue weighted by Crippen LogP contribution is -2.51. The summed E-state index contributed by atoms with van der Waals surface area (Å²) in [6.45, 7) is 1.55. The Morgan fingerprint density at radius 2 is 1.59 bits per heavy atom. The molecule has 7 nitrogen and oxygen atoms in total. The molecule has 0 fully saturated rings. The van der Waals surface area contributed by atoms with E-state index in [-0.39, 0.29) is 25.3 Å². The molecule has 0 bridgehead atoms. The van der Waals surface area contributed by atoms with E-state index in [1.807, 2.05) is 36.4 Å². The number of halogens is 1. The lowest BCUT2D eigenvalue weighted by Gasteiger charge is -2.20. The Labute approximate surface area is 197 Å². The van der Waals surface area contributed by atoms with Crippen molar-refractivity contribution in [3.8, 4) is 0 Å². The van der Waals surface area contributed by atoms with Gasteiger partial charge in [0, 0.05) is 12.6 Å². The lowest BCUT2D eigenvalue weighted by atomic mass is 10.0. The van der Waals surface area contributed by atoms with Crippen LogP contribution in [0.15, 0.2) is 79.0 Å². The quantitative estimate of drug-likeness (QED) is 0.426. The first-order valence-corrected chi connectivity index (χ1v) is 10.9. The Hall–Kier alpha value is -3.91. The number of aromatic nitrogens is 1. The molecule has 1 aromatic heterocycles. The zero-order chi connectivity index (χ0) is 24.3. The minimum absolute atomic E-state index is 0.00947. The molecule has 2 aromatic carbocycles. The van der Waals surface area contributed by atoms with E-state index in [1.165, 1.54) is 18.3 Å². The lowest BCUT2D eigenvalue weighted by molar-refractivity contribution is -0.141. The number of rotatable bonds is 11. The fraction of sp³-hybridized carbons (Fsp3) is 0.231. The summed E-state index contributed by atoms with van der Waals surface area (Å²) in [4.78, 5) is 42.0. The summed E-state index contributed by atoms with van der Waals surface area (Å²) in [6, 6.07) is 19.9. The maximum atomic E-state index is 13.8. The summed E-state index contributed by atoms with van der Waals surface area (Å²) in [5.74, 6) is -2.89. The van der Waals surface area contributed by atoms with Crippen molar-refractivity contribution in [3.63, 3.8) is 0 Å². The van der Waals surface area contributed by atoms with Crippen molar-refractivity contribution >= 4 is 17.6 Å². The molecule has 2 amide bonds. The number of ether oxygens (including phenoxy) is 1. The van der Waals surface area contributed by atoms with Crippen LogP contribution in [0.25, 0.3) is 0 Å². The predicted octanol–water partition coefficient (Wildman–Crippen LogP) is 2.74. The van der Waals surface area contributed by atoms with Crippen LogP contribution in [-0.4, -0.2) is 34.7 Å². The third-order valence-corrected chi connectivity index (χ3v) is 5.10. The second-order valence-electron chi connectivity index (χ2n) is 7.67. The number of carbonyl (C=O) groups is 3. The first-order chi connectivity index (χ1) is 16.4. The predicted molar refractivity (Wildman–Crippen MR) is 124 cm³/mol. The minimum atomic E-state index is -1.12. The van der Waals surface area contributed by atoms with E-state index >= 15 is 0 Å². The van der Waals surface area contributed by atoms with Crippen LogP contribution < -0.4 is 10.6 Å². The zero-order valence-corrected chi connectivity index (χ0v) is 18.7. The number of pyridine rings is 1. The molecule has 176 valence electrons. The molecule has 0 radical (unpaired) electrons. The van der Waals surface area contributed by atoms with Gasteiger partial charge in [-0.1, -0.05) is 60.7 Å². The number of nitrogens with one attached hydrogen (secondary N) is 2. The molecule has 3 aromatic rings. The average molecular weight is 464 g/mol. The number of amides is 2. The molecule has 34 heavy (non-hydrogen) atoms. The average Bonchev–Trinajstić information content (AvgIpc) is 2.87. The number of benzene rings is 2. The van der Waals surface area contributed by atoms with Crippen LogP contribution in [0.5, 0.6) is 0 Å². The zero-order valence-electron chi connectivity index (χ0n) is 18.7. The number of Topliss-reactive ketones (excluding diaryl/α,β-unsaturated/α-hetero) is 1. The van der Waals surface area contributed by atoms with Gasteiger partial charge < -0.3 is 15.4 Å². The molecular formula is C26H26FN3O4. The van der Waals surface area contributed by atoms with Crippen LogP contribution in [0.1, 0.15) is 23.7 Å². The molecule has 0 aliphatic heterocycles. The molecule has 8 heteroatoms. The van der Waals surface area contributed by atoms with Gasteiger partial charge in [0.15, 0.2) is 0 Å². The molecule has 0 spiro atoms. The van der Waals surface area contributed by atoms with Gasteiger partial charge in [0.1, 0.15) is 18.0 Å². The highest BCUT2D eigenvalue weighted by atomic mass is 19.1. The van der Waals surface area contributed by atoms with Crippen LogP contribution in [0.3, 0.4) is 0 Å². The van der Waals surface area contributed by atoms with Gasteiger partial charge >= 0.3 is 0 Å². The number of carbonyl (C=O) groups excluding carboxylic acids is 3. The highest BCUT2D eigenvalue weighted by Crippen LogP contribution is 2.08. The third kappa shape index (κ3) is 7.31. The van der Waals surface area contributed by atoms with Crippen molar-refractivity contribution in [3.05, 3.63) is 102 Å². The molecule has 3 rings (SSSR count). The first kappa shape index (κ1) is 24.7. The van der Waals surface area contributed by atoms with Crippen molar-refractivity contribution in [1.29, 1.82) is 0 Å². The highest BCUT2D eigenvalue weighted by Gasteiger charge is 2.29. The van der Waals surface area contributed by atoms with Crippen molar-refractivity contribution in [1.82, 2.24) is 15.6 Å². The van der Waals surface area contributed by atoms with Gasteiger partial charge in [-0.2, -0.15) is 0 Å². The third-order valence-electron chi connectivity index (χ3n) is 5.10. The van der Waals surface area contributed by atoms with Gasteiger partial charge in [-0.15, -0.1) is 0 Å². The number of nitrogens with zero attached hydrogens (tertiary/aromatic N) is 1. The van der Waals surface area contributed by atoms with Gasteiger partial charge in [0.25, 0.3) is 5.91 Å². The maximum Gasteiger partial charge on any atom is 0.289 e. The molecule has 2 N–H and O–H groups in total. The summed E-state index contributed by atoms with van der Waals surface area (Å²) < 4.78 is 19.4. The second kappa shape index (κ2) is 12.4. The normalized spacial score (nSPS) is 12.4. The molecular weight excluding hydrogens is 437 g/mol. The van der Waals surface area contributed by atoms with Crippen molar-refractivity contribution in [2.75, 3.05) is 0 Å². The monoisotopic (exact) mass is 463 g/mol. The summed E-state index contributed by atoms with van der Waals surface area (Å²) in [7, 11) is 0. The first-order valence-electron chi connectivity index (χ1n) is 10.9. The standard InChI is InChI=1S/C26H26FN3O4/c1-18(34-17-20-11-6-3-7-12-20)25(32)30-22(15-19-9-4-2-5-10-19)24(31)26(33)29-16-23-21(27)13-8-14-28-23/h2-14,18,22H,15-17H2,1H3,(H,29,33)(H,30,32)/t18-,22-/m1/s1. The molecule has 0 saturated carbocycles. The van der Waals surface area contributed by atoms with E-state index in [9.17, 15) is 18.8 Å². The maximum absolute atomic E-state index is 13.8. The molecule has 0 aliphatic carbocycles. The summed E-state index contributed by atoms with van der Waals surface area (Å²) in [6.07, 6.45) is 0.654. The van der Waals surface area contributed by atoms with Gasteiger partial charge in [-0.3, -0.25) is 19.4 Å². The van der Waals surface area contributed by atoms with Crippen LogP contribution in [0.2, 0.25) is 0 Å². The number of ketones is 1. The van der Waals surface area contributed by atoms with Crippen molar-refractivity contribution in [2.45, 2.75) is 38.6 Å². The van der Waals surface area contributed by atoms with Gasteiger partial charge in [0.2, 0.25) is 11.7 Å².